The molecule has 2 amide bonds. The summed E-state index contributed by atoms with van der Waals surface area (Å²) in [5, 5.41) is 5.32. The first-order valence-corrected chi connectivity index (χ1v) is 10.1. The van der Waals surface area contributed by atoms with Crippen LogP contribution in [0.2, 0.25) is 0 Å². The van der Waals surface area contributed by atoms with Gasteiger partial charge in [0.2, 0.25) is 0 Å². The Labute approximate surface area is 192 Å². The summed E-state index contributed by atoms with van der Waals surface area (Å²) in [7, 11) is 2.76. The topological polar surface area (TPSA) is 112 Å². The fourth-order valence-corrected chi connectivity index (χ4v) is 2.58. The van der Waals surface area contributed by atoms with Crippen molar-refractivity contribution in [3.63, 3.8) is 0 Å². The molecular weight excluding hydrogens is 428 g/mol. The summed E-state index contributed by atoms with van der Waals surface area (Å²) in [5.74, 6) is -0.178. The molecule has 0 heterocycles. The molecule has 0 saturated heterocycles. The average Bonchev–Trinajstić information content (AvgIpc) is 2.76. The number of nitrogens with one attached hydrogen (secondary N) is 2. The maximum atomic E-state index is 12.4. The smallest absolute Gasteiger partial charge is 0.412 e. The normalized spacial score (nSPS) is 10.9. The van der Waals surface area contributed by atoms with Gasteiger partial charge in [-0.05, 0) is 56.7 Å². The summed E-state index contributed by atoms with van der Waals surface area (Å²) in [6, 6.07) is 11.7. The van der Waals surface area contributed by atoms with Crippen molar-refractivity contribution in [3.05, 3.63) is 54.1 Å². The number of esters is 1. The Hall–Kier alpha value is -4.01. The molecule has 0 aliphatic carbocycles. The van der Waals surface area contributed by atoms with E-state index in [2.05, 4.69) is 15.4 Å². The molecule has 176 valence electrons. The molecule has 2 aromatic carbocycles. The standard InChI is InChI=1S/C24H28N2O7/c1-24(2,3)33-23(29)26-18-9-7-6-8-17(18)25-21(27)15-32-19-12-10-16(14-20(19)30-4)11-13-22(28)31-5/h6-14H,15H2,1-5H3,(H,25,27)(H,26,29)/b13-11+. The van der Waals surface area contributed by atoms with Crippen LogP contribution in [0.25, 0.3) is 6.08 Å². The summed E-state index contributed by atoms with van der Waals surface area (Å²) in [4.78, 5) is 35.7. The highest BCUT2D eigenvalue weighted by Crippen LogP contribution is 2.29. The van der Waals surface area contributed by atoms with Crippen molar-refractivity contribution < 1.29 is 33.3 Å². The van der Waals surface area contributed by atoms with E-state index in [1.165, 1.54) is 20.3 Å². The van der Waals surface area contributed by atoms with Crippen LogP contribution in [0.1, 0.15) is 26.3 Å². The average molecular weight is 456 g/mol. The fourth-order valence-electron chi connectivity index (χ4n) is 2.58. The van der Waals surface area contributed by atoms with Gasteiger partial charge in [0, 0.05) is 6.08 Å². The Kier molecular flexibility index (Phi) is 8.85. The molecule has 2 aromatic rings. The van der Waals surface area contributed by atoms with Gasteiger partial charge in [-0.25, -0.2) is 9.59 Å². The van der Waals surface area contributed by atoms with Gasteiger partial charge >= 0.3 is 12.1 Å². The van der Waals surface area contributed by atoms with E-state index in [0.29, 0.717) is 28.4 Å². The molecule has 0 bridgehead atoms. The lowest BCUT2D eigenvalue weighted by atomic mass is 10.2. The summed E-state index contributed by atoms with van der Waals surface area (Å²) >= 11 is 0. The highest BCUT2D eigenvalue weighted by atomic mass is 16.6. The van der Waals surface area contributed by atoms with Crippen LogP contribution in [0.4, 0.5) is 16.2 Å². The van der Waals surface area contributed by atoms with Gasteiger partial charge < -0.3 is 24.3 Å². The third-order valence-corrected chi connectivity index (χ3v) is 4.00. The van der Waals surface area contributed by atoms with Crippen molar-refractivity contribution in [1.82, 2.24) is 0 Å². The van der Waals surface area contributed by atoms with Crippen LogP contribution in [0.3, 0.4) is 0 Å². The number of amides is 2. The van der Waals surface area contributed by atoms with E-state index in [0.717, 1.165) is 0 Å². The molecule has 0 saturated carbocycles. The Balaban J connectivity index is 2.01. The second kappa shape index (κ2) is 11.6. The molecule has 2 rings (SSSR count). The van der Waals surface area contributed by atoms with E-state index in [4.69, 9.17) is 14.2 Å². The van der Waals surface area contributed by atoms with E-state index in [-0.39, 0.29) is 6.61 Å². The Morgan fingerprint density at radius 1 is 0.939 bits per heavy atom. The van der Waals surface area contributed by atoms with Crippen LogP contribution in [-0.2, 0) is 19.1 Å². The number of benzene rings is 2. The maximum absolute atomic E-state index is 12.4. The van der Waals surface area contributed by atoms with Crippen molar-refractivity contribution in [2.45, 2.75) is 26.4 Å². The third-order valence-electron chi connectivity index (χ3n) is 4.00. The molecule has 0 spiro atoms. The van der Waals surface area contributed by atoms with Crippen LogP contribution >= 0.6 is 0 Å². The lowest BCUT2D eigenvalue weighted by Crippen LogP contribution is -2.28. The van der Waals surface area contributed by atoms with Gasteiger partial charge in [-0.3, -0.25) is 10.1 Å². The van der Waals surface area contributed by atoms with Crippen LogP contribution < -0.4 is 20.1 Å². The minimum absolute atomic E-state index is 0.297. The van der Waals surface area contributed by atoms with E-state index in [9.17, 15) is 14.4 Å². The highest BCUT2D eigenvalue weighted by Gasteiger charge is 2.18. The highest BCUT2D eigenvalue weighted by molar-refractivity contribution is 5.98. The second-order valence-corrected chi connectivity index (χ2v) is 7.78. The molecule has 2 N–H and O–H groups in total. The van der Waals surface area contributed by atoms with Crippen LogP contribution in [0, 0.1) is 0 Å². The minimum atomic E-state index is -0.653. The Morgan fingerprint density at radius 2 is 1.61 bits per heavy atom. The van der Waals surface area contributed by atoms with Gasteiger partial charge in [-0.1, -0.05) is 18.2 Å². The summed E-state index contributed by atoms with van der Waals surface area (Å²) < 4.78 is 20.7. The van der Waals surface area contributed by atoms with Gasteiger partial charge in [0.25, 0.3) is 5.91 Å². The van der Waals surface area contributed by atoms with Gasteiger partial charge in [0.15, 0.2) is 18.1 Å². The van der Waals surface area contributed by atoms with Crippen molar-refractivity contribution in [2.24, 2.45) is 0 Å². The zero-order chi connectivity index (χ0) is 24.4. The summed E-state index contributed by atoms with van der Waals surface area (Å²) in [6.07, 6.45) is 2.22. The van der Waals surface area contributed by atoms with Gasteiger partial charge in [-0.2, -0.15) is 0 Å². The fraction of sp³-hybridized carbons (Fsp3) is 0.292. The lowest BCUT2D eigenvalue weighted by Gasteiger charge is -2.20. The number of hydrogen-bond acceptors (Lipinski definition) is 7. The van der Waals surface area contributed by atoms with E-state index >= 15 is 0 Å². The molecule has 33 heavy (non-hydrogen) atoms. The first-order chi connectivity index (χ1) is 15.6. The Bertz CT molecular complexity index is 1030. The van der Waals surface area contributed by atoms with E-state index in [1.54, 1.807) is 69.3 Å². The van der Waals surface area contributed by atoms with Crippen LogP contribution in [0.5, 0.6) is 11.5 Å². The molecule has 0 aromatic heterocycles. The number of carbonyl (C=O) groups excluding carboxylic acids is 3. The maximum Gasteiger partial charge on any atom is 0.412 e. The zero-order valence-corrected chi connectivity index (χ0v) is 19.3. The van der Waals surface area contributed by atoms with E-state index in [1.807, 2.05) is 0 Å². The molecule has 0 unspecified atom stereocenters. The van der Waals surface area contributed by atoms with Gasteiger partial charge in [-0.15, -0.1) is 0 Å². The third kappa shape index (κ3) is 8.56. The predicted octanol–water partition coefficient (Wildman–Crippen LogP) is 4.25. The number of carbonyl (C=O) groups is 3. The quantitative estimate of drug-likeness (QED) is 0.451. The van der Waals surface area contributed by atoms with Crippen molar-refractivity contribution >= 4 is 35.4 Å². The van der Waals surface area contributed by atoms with Crippen molar-refractivity contribution in [2.75, 3.05) is 31.5 Å². The van der Waals surface area contributed by atoms with Crippen LogP contribution in [-0.4, -0.2) is 44.4 Å². The minimum Gasteiger partial charge on any atom is -0.493 e. The number of methoxy groups -OCH3 is 2. The molecule has 0 atom stereocenters. The van der Waals surface area contributed by atoms with Gasteiger partial charge in [0.1, 0.15) is 5.60 Å². The number of anilines is 2. The molecule has 0 aliphatic rings. The number of rotatable bonds is 8. The zero-order valence-electron chi connectivity index (χ0n) is 19.3. The van der Waals surface area contributed by atoms with Crippen molar-refractivity contribution in [3.8, 4) is 11.5 Å². The first-order valence-electron chi connectivity index (χ1n) is 10.1. The predicted molar refractivity (Wildman–Crippen MR) is 124 cm³/mol. The van der Waals surface area contributed by atoms with Crippen LogP contribution in [0.15, 0.2) is 48.5 Å². The molecule has 0 fully saturated rings. The second-order valence-electron chi connectivity index (χ2n) is 7.78. The van der Waals surface area contributed by atoms with Crippen molar-refractivity contribution in [1.29, 1.82) is 0 Å². The number of hydrogen-bond donors (Lipinski definition) is 2. The van der Waals surface area contributed by atoms with E-state index < -0.39 is 23.6 Å². The molecule has 9 heteroatoms. The molecule has 0 radical (unpaired) electrons. The number of para-hydroxylation sites is 2. The SMILES string of the molecule is COC(=O)/C=C/c1ccc(OCC(=O)Nc2ccccc2NC(=O)OC(C)(C)C)c(OC)c1. The number of ether oxygens (including phenoxy) is 4. The van der Waals surface area contributed by atoms with Gasteiger partial charge in [0.05, 0.1) is 25.6 Å². The summed E-state index contributed by atoms with van der Waals surface area (Å²) in [5.41, 5.74) is 0.822. The monoisotopic (exact) mass is 456 g/mol. The summed E-state index contributed by atoms with van der Waals surface area (Å²) in [6.45, 7) is 4.98. The first kappa shape index (κ1) is 25.3. The molecule has 0 aliphatic heterocycles. The lowest BCUT2D eigenvalue weighted by molar-refractivity contribution is -0.134. The Morgan fingerprint density at radius 3 is 2.21 bits per heavy atom. The molecule has 9 nitrogen and oxygen atoms in total. The largest absolute Gasteiger partial charge is 0.493 e. The molecular formula is C24H28N2O7.